The lowest BCUT2D eigenvalue weighted by Gasteiger charge is -2.13. The maximum atomic E-state index is 5.77. The first-order valence-corrected chi connectivity index (χ1v) is 2.67. The summed E-state index contributed by atoms with van der Waals surface area (Å²) in [6, 6.07) is 0. The predicted molar refractivity (Wildman–Crippen MR) is 34.7 cm³/mol. The summed E-state index contributed by atoms with van der Waals surface area (Å²) in [7, 11) is 0. The number of hydrogen-bond donors (Lipinski definition) is 0. The third-order valence-electron chi connectivity index (χ3n) is 1.01. The molecule has 0 aliphatic heterocycles. The fraction of sp³-hybridized carbons (Fsp3) is 0.667. The van der Waals surface area contributed by atoms with E-state index in [4.69, 9.17) is 11.6 Å². The molecule has 1 heteroatoms. The predicted octanol–water partition coefficient (Wildman–Crippen LogP) is 2.58. The summed E-state index contributed by atoms with van der Waals surface area (Å²) >= 11 is 5.77. The van der Waals surface area contributed by atoms with Crippen molar-refractivity contribution < 1.29 is 0 Å². The van der Waals surface area contributed by atoms with E-state index >= 15 is 0 Å². The first-order chi connectivity index (χ1) is 2.94. The Morgan fingerprint density at radius 2 is 1.71 bits per heavy atom. The van der Waals surface area contributed by atoms with Gasteiger partial charge in [-0.25, -0.2) is 0 Å². The van der Waals surface area contributed by atoms with Gasteiger partial charge in [-0.3, -0.25) is 0 Å². The van der Waals surface area contributed by atoms with Crippen molar-refractivity contribution in [1.29, 1.82) is 0 Å². The SMILES string of the molecule is C=C(C)C(C)(C)Cl. The first kappa shape index (κ1) is 7.03. The van der Waals surface area contributed by atoms with E-state index < -0.39 is 0 Å². The number of allylic oxidation sites excluding steroid dienone is 1. The number of alkyl halides is 1. The van der Waals surface area contributed by atoms with Crippen molar-refractivity contribution in [3.63, 3.8) is 0 Å². The quantitative estimate of drug-likeness (QED) is 0.367. The van der Waals surface area contributed by atoms with Gasteiger partial charge in [-0.1, -0.05) is 12.2 Å². The Kier molecular flexibility index (Phi) is 1.88. The smallest absolute Gasteiger partial charge is 0.0593 e. The van der Waals surface area contributed by atoms with Crippen LogP contribution >= 0.6 is 11.6 Å². The van der Waals surface area contributed by atoms with Gasteiger partial charge in [0.2, 0.25) is 0 Å². The van der Waals surface area contributed by atoms with Crippen LogP contribution in [0.4, 0.5) is 0 Å². The lowest BCUT2D eigenvalue weighted by molar-refractivity contribution is 0.822. The highest BCUT2D eigenvalue weighted by Gasteiger charge is 2.11. The third-order valence-corrected chi connectivity index (χ3v) is 1.34. The lowest BCUT2D eigenvalue weighted by Crippen LogP contribution is -2.09. The second-order valence-electron chi connectivity index (χ2n) is 2.25. The zero-order chi connectivity index (χ0) is 6.08. The summed E-state index contributed by atoms with van der Waals surface area (Å²) in [5.74, 6) is 0. The molecule has 0 unspecified atom stereocenters. The van der Waals surface area contributed by atoms with E-state index in [0.717, 1.165) is 5.57 Å². The Bertz CT molecular complexity index is 76.7. The van der Waals surface area contributed by atoms with Gasteiger partial charge in [-0.15, -0.1) is 11.6 Å². The highest BCUT2D eigenvalue weighted by molar-refractivity contribution is 6.25. The Morgan fingerprint density at radius 3 is 1.71 bits per heavy atom. The lowest BCUT2D eigenvalue weighted by atomic mass is 10.1. The molecule has 0 aliphatic rings. The average molecular weight is 119 g/mol. The van der Waals surface area contributed by atoms with Crippen molar-refractivity contribution in [3.8, 4) is 0 Å². The minimum Gasteiger partial charge on any atom is -0.115 e. The van der Waals surface area contributed by atoms with Crippen molar-refractivity contribution >= 4 is 11.6 Å². The molecule has 42 valence electrons. The summed E-state index contributed by atoms with van der Waals surface area (Å²) < 4.78 is 0. The van der Waals surface area contributed by atoms with Crippen LogP contribution in [0, 0.1) is 0 Å². The van der Waals surface area contributed by atoms with Crippen LogP contribution in [0.1, 0.15) is 20.8 Å². The van der Waals surface area contributed by atoms with Crippen LogP contribution in [0.3, 0.4) is 0 Å². The van der Waals surface area contributed by atoms with Crippen molar-refractivity contribution in [1.82, 2.24) is 0 Å². The molecule has 0 N–H and O–H groups in total. The molecule has 0 fully saturated rings. The first-order valence-electron chi connectivity index (χ1n) is 2.29. The molecule has 0 saturated heterocycles. The normalized spacial score (nSPS) is 11.4. The summed E-state index contributed by atoms with van der Waals surface area (Å²) in [4.78, 5) is -0.222. The van der Waals surface area contributed by atoms with Gasteiger partial charge >= 0.3 is 0 Å². The molecule has 0 aliphatic carbocycles. The van der Waals surface area contributed by atoms with Gasteiger partial charge in [-0.2, -0.15) is 0 Å². The monoisotopic (exact) mass is 118 g/mol. The molecule has 0 heterocycles. The molecule has 0 amide bonds. The Hall–Kier alpha value is 0.0300. The Labute approximate surface area is 50.2 Å². The Balaban J connectivity index is 3.79. The molecule has 0 bridgehead atoms. The molecule has 0 aromatic heterocycles. The second-order valence-corrected chi connectivity index (χ2v) is 3.20. The molecule has 0 aromatic carbocycles. The molecule has 0 radical (unpaired) electrons. The van der Waals surface area contributed by atoms with Crippen LogP contribution in [-0.4, -0.2) is 4.87 Å². The van der Waals surface area contributed by atoms with Gasteiger partial charge in [0, 0.05) is 0 Å². The zero-order valence-corrected chi connectivity index (χ0v) is 5.84. The number of hydrogen-bond acceptors (Lipinski definition) is 0. The van der Waals surface area contributed by atoms with E-state index in [0.29, 0.717) is 0 Å². The van der Waals surface area contributed by atoms with Gasteiger partial charge < -0.3 is 0 Å². The largest absolute Gasteiger partial charge is 0.115 e. The average Bonchev–Trinajstić information content (AvgIpc) is 1.31. The minimum absolute atomic E-state index is 0.222. The molecule has 0 aromatic rings. The number of halogens is 1. The van der Waals surface area contributed by atoms with Crippen LogP contribution in [0.25, 0.3) is 0 Å². The summed E-state index contributed by atoms with van der Waals surface area (Å²) in [6.07, 6.45) is 0. The van der Waals surface area contributed by atoms with Gasteiger partial charge in [0.25, 0.3) is 0 Å². The summed E-state index contributed by atoms with van der Waals surface area (Å²) in [5, 5.41) is 0. The molecule has 0 spiro atoms. The van der Waals surface area contributed by atoms with Gasteiger partial charge in [-0.05, 0) is 20.8 Å². The topological polar surface area (TPSA) is 0 Å². The van der Waals surface area contributed by atoms with E-state index in [2.05, 4.69) is 6.58 Å². The van der Waals surface area contributed by atoms with Crippen molar-refractivity contribution in [2.45, 2.75) is 25.6 Å². The van der Waals surface area contributed by atoms with Crippen LogP contribution in [0.15, 0.2) is 12.2 Å². The van der Waals surface area contributed by atoms with E-state index in [1.807, 2.05) is 20.8 Å². The molecule has 0 nitrogen and oxygen atoms in total. The molecule has 0 rings (SSSR count). The second kappa shape index (κ2) is 1.87. The summed E-state index contributed by atoms with van der Waals surface area (Å²) in [6.45, 7) is 9.47. The Morgan fingerprint density at radius 1 is 1.57 bits per heavy atom. The standard InChI is InChI=1S/C6H11Cl/c1-5(2)6(3,4)7/h1H2,2-4H3. The zero-order valence-electron chi connectivity index (χ0n) is 5.09. The molecular weight excluding hydrogens is 108 g/mol. The van der Waals surface area contributed by atoms with Gasteiger partial charge in [0.15, 0.2) is 0 Å². The van der Waals surface area contributed by atoms with E-state index in [1.54, 1.807) is 0 Å². The van der Waals surface area contributed by atoms with Gasteiger partial charge in [0.1, 0.15) is 0 Å². The van der Waals surface area contributed by atoms with Crippen molar-refractivity contribution in [3.05, 3.63) is 12.2 Å². The van der Waals surface area contributed by atoms with E-state index in [9.17, 15) is 0 Å². The minimum atomic E-state index is -0.222. The van der Waals surface area contributed by atoms with Crippen LogP contribution < -0.4 is 0 Å². The summed E-state index contributed by atoms with van der Waals surface area (Å²) in [5.41, 5.74) is 1.01. The fourth-order valence-corrected chi connectivity index (χ4v) is 0. The van der Waals surface area contributed by atoms with Crippen molar-refractivity contribution in [2.24, 2.45) is 0 Å². The third kappa shape index (κ3) is 2.69. The maximum Gasteiger partial charge on any atom is 0.0593 e. The highest BCUT2D eigenvalue weighted by atomic mass is 35.5. The van der Waals surface area contributed by atoms with Crippen LogP contribution in [-0.2, 0) is 0 Å². The number of rotatable bonds is 1. The molecule has 7 heavy (non-hydrogen) atoms. The molecule has 0 saturated carbocycles. The maximum absolute atomic E-state index is 5.77. The van der Waals surface area contributed by atoms with Crippen LogP contribution in [0.5, 0.6) is 0 Å². The molecular formula is C6H11Cl. The highest BCUT2D eigenvalue weighted by Crippen LogP contribution is 2.20. The molecule has 0 atom stereocenters. The van der Waals surface area contributed by atoms with Gasteiger partial charge in [0.05, 0.1) is 4.87 Å². The van der Waals surface area contributed by atoms with E-state index in [-0.39, 0.29) is 4.87 Å². The fourth-order valence-electron chi connectivity index (χ4n) is 0. The van der Waals surface area contributed by atoms with Crippen LogP contribution in [0.2, 0.25) is 0 Å². The van der Waals surface area contributed by atoms with Crippen molar-refractivity contribution in [2.75, 3.05) is 0 Å². The van der Waals surface area contributed by atoms with E-state index in [1.165, 1.54) is 0 Å².